The second kappa shape index (κ2) is 7.32. The number of hydrogen-bond acceptors (Lipinski definition) is 5. The molecule has 1 fully saturated rings. The first kappa shape index (κ1) is 13.6. The van der Waals surface area contributed by atoms with E-state index >= 15 is 0 Å². The molecule has 0 radical (unpaired) electrons. The van der Waals surface area contributed by atoms with Gasteiger partial charge in [-0.3, -0.25) is 0 Å². The molecule has 0 saturated carbocycles. The van der Waals surface area contributed by atoms with Crippen LogP contribution in [0.5, 0.6) is 17.2 Å². The van der Waals surface area contributed by atoms with Crippen LogP contribution in [0.2, 0.25) is 0 Å². The molecule has 0 bridgehead atoms. The second-order valence-electron chi connectivity index (χ2n) is 6.90. The van der Waals surface area contributed by atoms with Crippen LogP contribution in [0.25, 0.3) is 0 Å². The van der Waals surface area contributed by atoms with Crippen molar-refractivity contribution in [3.63, 3.8) is 0 Å². The molecule has 0 aromatic heterocycles. The van der Waals surface area contributed by atoms with Crippen molar-refractivity contribution in [1.29, 1.82) is 0 Å². The summed E-state index contributed by atoms with van der Waals surface area (Å²) in [6.45, 7) is 1.22. The van der Waals surface area contributed by atoms with Gasteiger partial charge in [-0.25, -0.2) is 4.79 Å². The summed E-state index contributed by atoms with van der Waals surface area (Å²) in [6, 6.07) is 3.10. The van der Waals surface area contributed by atoms with Crippen LogP contribution in [0, 0.1) is 0 Å². The van der Waals surface area contributed by atoms with E-state index in [1.807, 2.05) is 20.8 Å². The lowest BCUT2D eigenvalue weighted by Gasteiger charge is -2.33. The lowest BCUT2D eigenvalue weighted by atomic mass is 10.1. The highest BCUT2D eigenvalue weighted by molar-refractivity contribution is 9.10. The predicted molar refractivity (Wildman–Crippen MR) is 96.6 cm³/mol. The van der Waals surface area contributed by atoms with E-state index in [2.05, 4.69) is 15.9 Å². The molecule has 2 heterocycles. The van der Waals surface area contributed by atoms with Gasteiger partial charge in [-0.15, -0.1) is 0 Å². The zero-order valence-corrected chi connectivity index (χ0v) is 16.0. The number of benzene rings is 1. The Labute approximate surface area is 162 Å². The highest BCUT2D eigenvalue weighted by Crippen LogP contribution is 2.43. The van der Waals surface area contributed by atoms with E-state index < -0.39 is 18.7 Å². The lowest BCUT2D eigenvalue weighted by Crippen LogP contribution is -2.44. The van der Waals surface area contributed by atoms with Crippen LogP contribution in [-0.4, -0.2) is 48.9 Å². The van der Waals surface area contributed by atoms with E-state index in [4.69, 9.17) is 24.4 Å². The minimum atomic E-state index is -2.65. The lowest BCUT2D eigenvalue weighted by molar-refractivity contribution is 0.0125. The SMILES string of the molecule is [2H]C1([2H])Oc2ccc(OC3CCN(C(=O)OC(C)(C)C)CC3)c(Br)c2OC1([2H])[2H]. The van der Waals surface area contributed by atoms with Crippen LogP contribution in [0.1, 0.15) is 39.1 Å². The molecule has 2 aliphatic heterocycles. The maximum Gasteiger partial charge on any atom is 0.410 e. The van der Waals surface area contributed by atoms with Crippen molar-refractivity contribution in [1.82, 2.24) is 4.90 Å². The largest absolute Gasteiger partial charge is 0.489 e. The first-order chi connectivity index (χ1) is 13.3. The molecule has 25 heavy (non-hydrogen) atoms. The third-order valence-electron chi connectivity index (χ3n) is 3.77. The number of carbonyl (C=O) groups excluding carboxylic acids is 1. The molecule has 2 aliphatic rings. The number of carbonyl (C=O) groups is 1. The molecule has 3 rings (SSSR count). The molecule has 0 N–H and O–H groups in total. The van der Waals surface area contributed by atoms with Gasteiger partial charge in [0.05, 0.1) is 5.48 Å². The Morgan fingerprint density at radius 2 is 1.96 bits per heavy atom. The molecule has 1 saturated heterocycles. The Bertz CT molecular complexity index is 791. The van der Waals surface area contributed by atoms with E-state index in [0.717, 1.165) is 0 Å². The Morgan fingerprint density at radius 1 is 1.28 bits per heavy atom. The number of likely N-dealkylation sites (tertiary alicyclic amines) is 1. The van der Waals surface area contributed by atoms with Gasteiger partial charge in [0.1, 0.15) is 35.0 Å². The van der Waals surface area contributed by atoms with Gasteiger partial charge in [0.15, 0.2) is 11.5 Å². The third kappa shape index (κ3) is 4.51. The van der Waals surface area contributed by atoms with Crippen molar-refractivity contribution >= 4 is 22.0 Å². The number of ether oxygens (including phenoxy) is 4. The normalized spacial score (nSPS) is 24.4. The van der Waals surface area contributed by atoms with Crippen LogP contribution >= 0.6 is 15.9 Å². The molecule has 0 unspecified atom stereocenters. The summed E-state index contributed by atoms with van der Waals surface area (Å²) in [5.41, 5.74) is -0.541. The van der Waals surface area contributed by atoms with Crippen molar-refractivity contribution in [2.45, 2.75) is 45.3 Å². The number of nitrogens with zero attached hydrogens (tertiary/aromatic N) is 1. The zero-order chi connectivity index (χ0) is 21.6. The van der Waals surface area contributed by atoms with Crippen LogP contribution in [0.3, 0.4) is 0 Å². The number of halogens is 1. The fourth-order valence-corrected chi connectivity index (χ4v) is 3.10. The van der Waals surface area contributed by atoms with Gasteiger partial charge in [-0.1, -0.05) is 0 Å². The van der Waals surface area contributed by atoms with Gasteiger partial charge in [-0.2, -0.15) is 0 Å². The molecule has 1 amide bonds. The van der Waals surface area contributed by atoms with Gasteiger partial charge < -0.3 is 23.8 Å². The Balaban J connectivity index is 1.65. The smallest absolute Gasteiger partial charge is 0.410 e. The number of hydrogen-bond donors (Lipinski definition) is 0. The van der Waals surface area contributed by atoms with E-state index in [0.29, 0.717) is 36.2 Å². The summed E-state index contributed by atoms with van der Waals surface area (Å²) < 4.78 is 52.9. The average molecular weight is 418 g/mol. The van der Waals surface area contributed by atoms with Gasteiger partial charge in [-0.05, 0) is 48.8 Å². The van der Waals surface area contributed by atoms with E-state index in [1.165, 1.54) is 6.07 Å². The second-order valence-corrected chi connectivity index (χ2v) is 7.69. The number of piperidine rings is 1. The molecule has 1 aromatic rings. The predicted octanol–water partition coefficient (Wildman–Crippen LogP) is 4.00. The molecular weight excluding hydrogens is 390 g/mol. The van der Waals surface area contributed by atoms with Gasteiger partial charge in [0.25, 0.3) is 0 Å². The molecule has 0 spiro atoms. The van der Waals surface area contributed by atoms with Crippen molar-refractivity contribution in [3.8, 4) is 17.2 Å². The summed E-state index contributed by atoms with van der Waals surface area (Å²) in [5.74, 6) is 0.569. The van der Waals surface area contributed by atoms with Crippen molar-refractivity contribution < 1.29 is 29.2 Å². The van der Waals surface area contributed by atoms with Crippen LogP contribution in [-0.2, 0) is 4.74 Å². The Hall–Kier alpha value is -1.63. The van der Waals surface area contributed by atoms with Crippen molar-refractivity contribution in [3.05, 3.63) is 16.6 Å². The van der Waals surface area contributed by atoms with Gasteiger partial charge >= 0.3 is 6.09 Å². The number of rotatable bonds is 2. The van der Waals surface area contributed by atoms with E-state index in [1.54, 1.807) is 11.0 Å². The minimum absolute atomic E-state index is 0.0498. The van der Waals surface area contributed by atoms with Crippen LogP contribution in [0.15, 0.2) is 16.6 Å². The van der Waals surface area contributed by atoms with Crippen LogP contribution in [0.4, 0.5) is 4.79 Å². The molecular formula is C18H24BrNO5. The molecule has 138 valence electrons. The standard InChI is InChI=1S/C18H24BrNO5/c1-18(2,3)25-17(21)20-8-6-12(7-9-20)24-13-4-5-14-16(15(13)19)23-11-10-22-14/h4-5,12H,6-11H2,1-3H3/i10D2,11D2. The zero-order valence-electron chi connectivity index (χ0n) is 18.4. The molecule has 0 aliphatic carbocycles. The minimum Gasteiger partial charge on any atom is -0.489 e. The summed E-state index contributed by atoms with van der Waals surface area (Å²) >= 11 is 3.35. The summed E-state index contributed by atoms with van der Waals surface area (Å²) in [7, 11) is 0. The van der Waals surface area contributed by atoms with E-state index in [9.17, 15) is 4.79 Å². The maximum atomic E-state index is 12.2. The Kier molecular flexibility index (Phi) is 3.97. The van der Waals surface area contributed by atoms with Gasteiger partial charge in [0.2, 0.25) is 0 Å². The average Bonchev–Trinajstić information content (AvgIpc) is 2.58. The quantitative estimate of drug-likeness (QED) is 0.727. The molecule has 0 atom stereocenters. The van der Waals surface area contributed by atoms with E-state index in [-0.39, 0.29) is 23.7 Å². The highest BCUT2D eigenvalue weighted by atomic mass is 79.9. The van der Waals surface area contributed by atoms with Crippen molar-refractivity contribution in [2.75, 3.05) is 26.2 Å². The molecule has 1 aromatic carbocycles. The third-order valence-corrected chi connectivity index (χ3v) is 4.52. The Morgan fingerprint density at radius 3 is 2.64 bits per heavy atom. The summed E-state index contributed by atoms with van der Waals surface area (Å²) in [5, 5.41) is 0. The number of fused-ring (bicyclic) bond motifs is 1. The topological polar surface area (TPSA) is 57.2 Å². The maximum absolute atomic E-state index is 12.2. The monoisotopic (exact) mass is 417 g/mol. The summed E-state index contributed by atoms with van der Waals surface area (Å²) in [4.78, 5) is 13.8. The molecule has 7 heteroatoms. The summed E-state index contributed by atoms with van der Waals surface area (Å²) in [6.07, 6.45) is 0.746. The number of amides is 1. The van der Waals surface area contributed by atoms with Gasteiger partial charge in [0, 0.05) is 25.9 Å². The molecule has 6 nitrogen and oxygen atoms in total. The fraction of sp³-hybridized carbons (Fsp3) is 0.611. The van der Waals surface area contributed by atoms with Crippen LogP contribution < -0.4 is 14.2 Å². The first-order valence-corrected chi connectivity index (χ1v) is 8.93. The fourth-order valence-electron chi connectivity index (χ4n) is 2.60. The highest BCUT2D eigenvalue weighted by Gasteiger charge is 2.28. The van der Waals surface area contributed by atoms with Crippen molar-refractivity contribution in [2.24, 2.45) is 0 Å². The first-order valence-electron chi connectivity index (χ1n) is 10.1.